The van der Waals surface area contributed by atoms with Crippen LogP contribution in [0, 0.1) is 25.4 Å². The summed E-state index contributed by atoms with van der Waals surface area (Å²) in [6, 6.07) is 0.0247. The van der Waals surface area contributed by atoms with E-state index in [4.69, 9.17) is 25.4 Å². The largest absolute Gasteiger partial charge is 0.495 e. The maximum absolute atomic E-state index is 13.5. The van der Waals surface area contributed by atoms with Gasteiger partial charge in [0.25, 0.3) is 0 Å². The number of amides is 3. The standard InChI is InChI=1S/C27H37I2N3O8/c1-9-10-39-14-20(31-26(36)40-27(4,5)6)24(34)30-19(11-15(2)3)23(33)32-21(25(35)38-8)16-12-17(28)22(37-7)18(29)13-16/h1,12-13,15,19-21H,10-11,14H2,2-8H3,(H,30,34)(H,31,36)(H,32,33)/t19-,20+,21+/m1/s1. The predicted octanol–water partition coefficient (Wildman–Crippen LogP) is 3.31. The first-order valence-electron chi connectivity index (χ1n) is 12.4. The zero-order chi connectivity index (χ0) is 30.6. The third kappa shape index (κ3) is 12.0. The van der Waals surface area contributed by atoms with Gasteiger partial charge in [-0.05, 0) is 96.0 Å². The van der Waals surface area contributed by atoms with Crippen molar-refractivity contribution in [2.75, 3.05) is 27.4 Å². The van der Waals surface area contributed by atoms with Gasteiger partial charge < -0.3 is 34.9 Å². The van der Waals surface area contributed by atoms with E-state index in [1.165, 1.54) is 7.11 Å². The van der Waals surface area contributed by atoms with E-state index < -0.39 is 47.6 Å². The van der Waals surface area contributed by atoms with Gasteiger partial charge in [0, 0.05) is 0 Å². The van der Waals surface area contributed by atoms with Crippen LogP contribution in [0.1, 0.15) is 52.6 Å². The Morgan fingerprint density at radius 3 is 2.02 bits per heavy atom. The summed E-state index contributed by atoms with van der Waals surface area (Å²) in [6.07, 6.45) is 4.64. The molecule has 0 radical (unpaired) electrons. The number of hydrogen-bond acceptors (Lipinski definition) is 8. The smallest absolute Gasteiger partial charge is 0.408 e. The lowest BCUT2D eigenvalue weighted by Gasteiger charge is -2.27. The minimum absolute atomic E-state index is 0.00883. The number of ether oxygens (including phenoxy) is 4. The minimum Gasteiger partial charge on any atom is -0.495 e. The number of carbonyl (C=O) groups excluding carboxylic acids is 4. The fraction of sp³-hybridized carbons (Fsp3) is 0.556. The molecule has 0 aliphatic carbocycles. The molecule has 0 heterocycles. The van der Waals surface area contributed by atoms with Crippen molar-refractivity contribution in [2.45, 2.75) is 64.8 Å². The van der Waals surface area contributed by atoms with Gasteiger partial charge in [-0.1, -0.05) is 19.8 Å². The molecule has 1 rings (SSSR count). The highest BCUT2D eigenvalue weighted by molar-refractivity contribution is 14.1. The second-order valence-electron chi connectivity index (χ2n) is 10.1. The van der Waals surface area contributed by atoms with E-state index in [0.29, 0.717) is 11.3 Å². The van der Waals surface area contributed by atoms with Crippen molar-refractivity contribution in [1.82, 2.24) is 16.0 Å². The van der Waals surface area contributed by atoms with Gasteiger partial charge in [0.2, 0.25) is 11.8 Å². The predicted molar refractivity (Wildman–Crippen MR) is 166 cm³/mol. The van der Waals surface area contributed by atoms with Crippen LogP contribution in [0.2, 0.25) is 0 Å². The molecule has 1 aromatic carbocycles. The summed E-state index contributed by atoms with van der Waals surface area (Å²) in [5, 5.41) is 7.84. The van der Waals surface area contributed by atoms with E-state index in [1.807, 2.05) is 13.8 Å². The molecule has 13 heteroatoms. The molecule has 0 spiro atoms. The second kappa shape index (κ2) is 16.8. The molecule has 222 valence electrons. The van der Waals surface area contributed by atoms with Crippen molar-refractivity contribution < 1.29 is 38.1 Å². The monoisotopic (exact) mass is 785 g/mol. The normalized spacial score (nSPS) is 13.3. The van der Waals surface area contributed by atoms with Crippen molar-refractivity contribution in [3.63, 3.8) is 0 Å². The van der Waals surface area contributed by atoms with Gasteiger partial charge in [-0.2, -0.15) is 0 Å². The Hall–Kier alpha value is -2.32. The van der Waals surface area contributed by atoms with E-state index in [0.717, 1.165) is 7.14 Å². The number of rotatable bonds is 13. The van der Waals surface area contributed by atoms with Gasteiger partial charge in [-0.15, -0.1) is 6.42 Å². The first-order valence-corrected chi connectivity index (χ1v) is 14.5. The molecule has 0 saturated carbocycles. The van der Waals surface area contributed by atoms with Crippen LogP contribution in [-0.2, 0) is 28.6 Å². The molecule has 3 atom stereocenters. The van der Waals surface area contributed by atoms with E-state index in [-0.39, 0.29) is 25.6 Å². The average molecular weight is 785 g/mol. The maximum Gasteiger partial charge on any atom is 0.408 e. The second-order valence-corrected chi connectivity index (χ2v) is 12.4. The maximum atomic E-state index is 13.5. The van der Waals surface area contributed by atoms with Crippen molar-refractivity contribution in [3.8, 4) is 18.1 Å². The van der Waals surface area contributed by atoms with Crippen LogP contribution in [0.25, 0.3) is 0 Å². The third-order valence-electron chi connectivity index (χ3n) is 5.10. The number of terminal acetylenes is 1. The summed E-state index contributed by atoms with van der Waals surface area (Å²) < 4.78 is 22.4. The Bertz CT molecular complexity index is 1080. The van der Waals surface area contributed by atoms with Crippen LogP contribution in [0.5, 0.6) is 5.75 Å². The summed E-state index contributed by atoms with van der Waals surface area (Å²) in [4.78, 5) is 51.8. The molecule has 0 aliphatic heterocycles. The lowest BCUT2D eigenvalue weighted by molar-refractivity contribution is -0.145. The Morgan fingerprint density at radius 2 is 1.55 bits per heavy atom. The number of methoxy groups -OCH3 is 2. The zero-order valence-electron chi connectivity index (χ0n) is 23.7. The summed E-state index contributed by atoms with van der Waals surface area (Å²) in [5.41, 5.74) is -0.318. The number of esters is 1. The molecule has 1 aromatic rings. The van der Waals surface area contributed by atoms with Gasteiger partial charge in [0.1, 0.15) is 30.0 Å². The van der Waals surface area contributed by atoms with Crippen molar-refractivity contribution >= 4 is 69.1 Å². The van der Waals surface area contributed by atoms with Crippen LogP contribution < -0.4 is 20.7 Å². The molecule has 3 N–H and O–H groups in total. The molecule has 0 aromatic heterocycles. The number of carbonyl (C=O) groups is 4. The molecule has 0 aliphatic rings. The molecule has 0 saturated heterocycles. The fourth-order valence-corrected chi connectivity index (χ4v) is 5.68. The number of halogens is 2. The summed E-state index contributed by atoms with van der Waals surface area (Å²) in [6.45, 7) is 8.47. The molecule has 0 fully saturated rings. The van der Waals surface area contributed by atoms with Gasteiger partial charge in [0.15, 0.2) is 6.04 Å². The summed E-state index contributed by atoms with van der Waals surface area (Å²) in [5.74, 6) is 0.934. The average Bonchev–Trinajstić information content (AvgIpc) is 2.84. The molecule has 0 bridgehead atoms. The van der Waals surface area contributed by atoms with Crippen molar-refractivity contribution in [3.05, 3.63) is 24.8 Å². The number of benzene rings is 1. The Balaban J connectivity index is 3.24. The molecule has 3 amide bonds. The van der Waals surface area contributed by atoms with Gasteiger partial charge in [-0.25, -0.2) is 9.59 Å². The van der Waals surface area contributed by atoms with Crippen molar-refractivity contribution in [2.24, 2.45) is 5.92 Å². The van der Waals surface area contributed by atoms with Crippen LogP contribution in [0.4, 0.5) is 4.79 Å². The SMILES string of the molecule is C#CCOC[C@H](NC(=O)OC(C)(C)C)C(=O)N[C@H](CC(C)C)C(=O)N[C@H](C(=O)OC)c1cc(I)c(OC)c(I)c1. The third-order valence-corrected chi connectivity index (χ3v) is 6.70. The Morgan fingerprint density at radius 1 is 0.975 bits per heavy atom. The summed E-state index contributed by atoms with van der Waals surface area (Å²) in [7, 11) is 2.76. The van der Waals surface area contributed by atoms with Gasteiger partial charge >= 0.3 is 12.1 Å². The lowest BCUT2D eigenvalue weighted by Crippen LogP contribution is -2.56. The van der Waals surface area contributed by atoms with E-state index >= 15 is 0 Å². The highest BCUT2D eigenvalue weighted by atomic mass is 127. The minimum atomic E-state index is -1.20. The van der Waals surface area contributed by atoms with Crippen LogP contribution in [0.3, 0.4) is 0 Å². The first-order chi connectivity index (χ1) is 18.6. The van der Waals surface area contributed by atoms with Crippen molar-refractivity contribution in [1.29, 1.82) is 0 Å². The Labute approximate surface area is 262 Å². The van der Waals surface area contributed by atoms with Gasteiger partial charge in [-0.3, -0.25) is 9.59 Å². The highest BCUT2D eigenvalue weighted by Gasteiger charge is 2.32. The number of alkyl carbamates (subject to hydrolysis) is 1. The van der Waals surface area contributed by atoms with E-state index in [9.17, 15) is 19.2 Å². The lowest BCUT2D eigenvalue weighted by atomic mass is 10.0. The Kier molecular flexibility index (Phi) is 15.0. The van der Waals surface area contributed by atoms with Crippen LogP contribution in [-0.4, -0.2) is 69.0 Å². The highest BCUT2D eigenvalue weighted by Crippen LogP contribution is 2.31. The molecular weight excluding hydrogens is 748 g/mol. The topological polar surface area (TPSA) is 141 Å². The molecule has 40 heavy (non-hydrogen) atoms. The first kappa shape index (κ1) is 35.7. The molecule has 0 unspecified atom stereocenters. The summed E-state index contributed by atoms with van der Waals surface area (Å²) >= 11 is 4.15. The van der Waals surface area contributed by atoms with Crippen LogP contribution in [0.15, 0.2) is 12.1 Å². The zero-order valence-corrected chi connectivity index (χ0v) is 28.0. The van der Waals surface area contributed by atoms with Gasteiger partial charge in [0.05, 0.1) is 28.0 Å². The van der Waals surface area contributed by atoms with E-state index in [2.05, 4.69) is 67.1 Å². The number of hydrogen-bond donors (Lipinski definition) is 3. The van der Waals surface area contributed by atoms with Crippen LogP contribution >= 0.6 is 45.2 Å². The molecular formula is C27H37I2N3O8. The molecule has 11 nitrogen and oxygen atoms in total. The fourth-order valence-electron chi connectivity index (χ4n) is 3.42. The quantitative estimate of drug-likeness (QED) is 0.120. The van der Waals surface area contributed by atoms with E-state index in [1.54, 1.807) is 40.0 Å². The number of nitrogens with one attached hydrogen (secondary N) is 3.